The van der Waals surface area contributed by atoms with Crippen LogP contribution in [0.2, 0.25) is 0 Å². The molecule has 14 nitrogen and oxygen atoms in total. The van der Waals surface area contributed by atoms with Crippen molar-refractivity contribution in [2.45, 2.75) is 141 Å². The number of nitrogens with one attached hydrogen (secondary N) is 2. The van der Waals surface area contributed by atoms with E-state index in [0.29, 0.717) is 44.9 Å². The van der Waals surface area contributed by atoms with Gasteiger partial charge in [0.05, 0.1) is 25.3 Å². The molecule has 14 heteroatoms. The molecule has 1 aliphatic heterocycles. The number of amides is 2. The predicted molar refractivity (Wildman–Crippen MR) is 241 cm³/mol. The molecule has 0 radical (unpaired) electrons. The number of aryl methyl sites for hydroxylation is 2. The van der Waals surface area contributed by atoms with Gasteiger partial charge in [-0.15, -0.1) is 0 Å². The number of carbonyl (C=O) groups is 6. The van der Waals surface area contributed by atoms with Gasteiger partial charge in [0, 0.05) is 12.1 Å². The normalized spacial score (nSPS) is 19.7. The Morgan fingerprint density at radius 3 is 1.67 bits per heavy atom. The Kier molecular flexibility index (Phi) is 18.9. The van der Waals surface area contributed by atoms with Gasteiger partial charge in [-0.05, 0) is 114 Å². The maximum absolute atomic E-state index is 13.4. The number of hydrogen-bond acceptors (Lipinski definition) is 10. The highest BCUT2D eigenvalue weighted by Crippen LogP contribution is 2.40. The molecule has 0 aromatic heterocycles. The van der Waals surface area contributed by atoms with Crippen molar-refractivity contribution in [3.63, 3.8) is 0 Å². The quantitative estimate of drug-likeness (QED) is 0.106. The summed E-state index contributed by atoms with van der Waals surface area (Å²) in [7, 11) is 0. The first-order valence-corrected chi connectivity index (χ1v) is 22.9. The largest absolute Gasteiger partial charge is 0.480 e. The van der Waals surface area contributed by atoms with Crippen molar-refractivity contribution in [1.29, 1.82) is 0 Å². The lowest BCUT2D eigenvalue weighted by Crippen LogP contribution is -2.55. The van der Waals surface area contributed by atoms with Crippen LogP contribution >= 0.6 is 0 Å². The van der Waals surface area contributed by atoms with Crippen molar-refractivity contribution >= 4 is 35.7 Å². The minimum absolute atomic E-state index is 0.0167. The van der Waals surface area contributed by atoms with E-state index in [1.54, 1.807) is 32.6 Å². The molecule has 3 aromatic rings. The Morgan fingerprint density at radius 1 is 0.703 bits per heavy atom. The number of carbonyl (C=O) groups excluding carboxylic acids is 4. The van der Waals surface area contributed by atoms with E-state index in [9.17, 15) is 39.0 Å². The summed E-state index contributed by atoms with van der Waals surface area (Å²) in [6, 6.07) is 23.8. The zero-order valence-corrected chi connectivity index (χ0v) is 37.7. The number of aliphatic carboxylic acids is 2. The summed E-state index contributed by atoms with van der Waals surface area (Å²) in [6.45, 7) is 7.02. The van der Waals surface area contributed by atoms with Crippen LogP contribution in [0, 0.1) is 5.92 Å². The second kappa shape index (κ2) is 24.5. The molecule has 0 spiro atoms. The van der Waals surface area contributed by atoms with Crippen LogP contribution in [0.5, 0.6) is 0 Å². The molecule has 346 valence electrons. The molecule has 1 saturated carbocycles. The Balaban J connectivity index is 0.000000241. The minimum Gasteiger partial charge on any atom is -0.480 e. The van der Waals surface area contributed by atoms with E-state index < -0.39 is 48.1 Å². The van der Waals surface area contributed by atoms with Gasteiger partial charge >= 0.3 is 23.9 Å². The number of rotatable bonds is 20. The number of fused-ring (bicyclic) bond motifs is 2. The molecule has 6 rings (SSSR count). The fraction of sp³-hybridized carbons (Fsp3) is 0.520. The van der Waals surface area contributed by atoms with Crippen molar-refractivity contribution < 1.29 is 48.5 Å². The third kappa shape index (κ3) is 13.7. The summed E-state index contributed by atoms with van der Waals surface area (Å²) in [5, 5.41) is 25.4. The zero-order valence-electron chi connectivity index (χ0n) is 37.7. The van der Waals surface area contributed by atoms with Crippen molar-refractivity contribution in [3.05, 3.63) is 107 Å². The highest BCUT2D eigenvalue weighted by molar-refractivity contribution is 5.89. The molecular weight excluding hydrogens is 817 g/mol. The molecule has 64 heavy (non-hydrogen) atoms. The lowest BCUT2D eigenvalue weighted by Gasteiger charge is -2.35. The number of likely N-dealkylation sites (tertiary alicyclic amines) is 1. The summed E-state index contributed by atoms with van der Waals surface area (Å²) in [6.07, 6.45) is 7.98. The number of carboxylic acids is 2. The third-order valence-corrected chi connectivity index (χ3v) is 12.6. The van der Waals surface area contributed by atoms with Crippen LogP contribution in [0.15, 0.2) is 84.9 Å². The van der Waals surface area contributed by atoms with Crippen molar-refractivity contribution in [1.82, 2.24) is 20.4 Å². The van der Waals surface area contributed by atoms with Crippen LogP contribution in [0.1, 0.15) is 94.9 Å². The average Bonchev–Trinajstić information content (AvgIpc) is 3.91. The Bertz CT molecular complexity index is 1990. The molecule has 0 bridgehead atoms. The highest BCUT2D eigenvalue weighted by Gasteiger charge is 2.48. The fourth-order valence-electron chi connectivity index (χ4n) is 9.44. The van der Waals surface area contributed by atoms with Crippen LogP contribution in [-0.4, -0.2) is 118 Å². The minimum atomic E-state index is -1.06. The number of hydrogen-bond donors (Lipinski definition) is 4. The topological polar surface area (TPSA) is 192 Å². The fourth-order valence-corrected chi connectivity index (χ4v) is 9.44. The lowest BCUT2D eigenvalue weighted by molar-refractivity contribution is -0.152. The number of carboxylic acid groups (broad SMARTS) is 2. The Hall–Kier alpha value is -5.60. The van der Waals surface area contributed by atoms with Gasteiger partial charge in [-0.1, -0.05) is 97.8 Å². The SMILES string of the molecule is CCOC(=O)[C@H](CCc1ccccc1)N[C@@H](C)C(=O)N(CC(=O)O)C1Cc2ccccc2C1.CCOC(=O)[C@H](CCc1ccccc1)N[C@@H](C)C(=O)N1[C@H](C(=O)O)C[C@@H]2CCCC[C@@H]21. The standard InChI is InChI=1S/C26H32N2O5.C24H34N2O5/c1-3-33-26(32)23(14-13-19-9-5-4-6-10-19)27-18(2)25(31)28(17-24(29)30)22-15-20-11-7-8-12-21(20)16-22;1-3-31-24(30)19(14-13-17-9-5-4-6-10-17)25-16(2)22(27)26-20-12-8-7-11-18(20)15-21(26)23(28)29/h4-12,18,22-23,27H,3,13-17H2,1-2H3,(H,29,30);4-6,9-10,16,18-21,25H,3,7-8,11-15H2,1-2H3,(H,28,29)/t18-,23-;16-,18-,19-,20-,21-/m00/s1. The van der Waals surface area contributed by atoms with Gasteiger partial charge in [-0.3, -0.25) is 34.6 Å². The van der Waals surface area contributed by atoms with Crippen LogP contribution < -0.4 is 10.6 Å². The Morgan fingerprint density at radius 2 is 1.19 bits per heavy atom. The van der Waals surface area contributed by atoms with E-state index in [1.807, 2.05) is 84.9 Å². The van der Waals surface area contributed by atoms with Gasteiger partial charge in [-0.2, -0.15) is 0 Å². The van der Waals surface area contributed by atoms with Crippen LogP contribution in [0.3, 0.4) is 0 Å². The number of ether oxygens (including phenoxy) is 2. The first kappa shape index (κ1) is 49.4. The number of benzene rings is 3. The molecule has 7 atom stereocenters. The molecule has 1 saturated heterocycles. The summed E-state index contributed by atoms with van der Waals surface area (Å²) in [5.74, 6) is -3.11. The van der Waals surface area contributed by atoms with E-state index >= 15 is 0 Å². The molecule has 2 fully saturated rings. The average molecular weight is 883 g/mol. The van der Waals surface area contributed by atoms with Crippen LogP contribution in [0.25, 0.3) is 0 Å². The van der Waals surface area contributed by atoms with Crippen molar-refractivity contribution in [2.24, 2.45) is 5.92 Å². The van der Waals surface area contributed by atoms with Gasteiger partial charge in [0.25, 0.3) is 0 Å². The van der Waals surface area contributed by atoms with E-state index in [-0.39, 0.29) is 55.5 Å². The molecule has 4 N–H and O–H groups in total. The Labute approximate surface area is 377 Å². The first-order chi connectivity index (χ1) is 30.8. The molecule has 1 heterocycles. The van der Waals surface area contributed by atoms with Crippen molar-refractivity contribution in [2.75, 3.05) is 19.8 Å². The predicted octanol–water partition coefficient (Wildman–Crippen LogP) is 5.38. The smallest absolute Gasteiger partial charge is 0.326 e. The van der Waals surface area contributed by atoms with E-state index in [2.05, 4.69) is 10.6 Å². The second-order valence-corrected chi connectivity index (χ2v) is 17.1. The second-order valence-electron chi connectivity index (χ2n) is 17.1. The molecular formula is C50H66N4O10. The van der Waals surface area contributed by atoms with E-state index in [1.165, 1.54) is 4.90 Å². The molecule has 3 aliphatic rings. The molecule has 0 unspecified atom stereocenters. The molecule has 2 aliphatic carbocycles. The summed E-state index contributed by atoms with van der Waals surface area (Å²) < 4.78 is 10.4. The van der Waals surface area contributed by atoms with Crippen molar-refractivity contribution in [3.8, 4) is 0 Å². The molecule has 2 amide bonds. The zero-order chi connectivity index (χ0) is 46.2. The first-order valence-electron chi connectivity index (χ1n) is 22.9. The van der Waals surface area contributed by atoms with Gasteiger partial charge in [-0.25, -0.2) is 4.79 Å². The number of esters is 2. The van der Waals surface area contributed by atoms with E-state index in [4.69, 9.17) is 9.47 Å². The summed E-state index contributed by atoms with van der Waals surface area (Å²) in [4.78, 5) is 78.3. The third-order valence-electron chi connectivity index (χ3n) is 12.6. The molecule has 3 aromatic carbocycles. The van der Waals surface area contributed by atoms with Crippen LogP contribution in [-0.2, 0) is 63.9 Å². The van der Waals surface area contributed by atoms with Crippen LogP contribution in [0.4, 0.5) is 0 Å². The lowest BCUT2D eigenvalue weighted by atomic mass is 9.84. The van der Waals surface area contributed by atoms with E-state index in [0.717, 1.165) is 47.9 Å². The van der Waals surface area contributed by atoms with Gasteiger partial charge in [0.2, 0.25) is 11.8 Å². The van der Waals surface area contributed by atoms with Gasteiger partial charge < -0.3 is 29.5 Å². The maximum Gasteiger partial charge on any atom is 0.326 e. The maximum atomic E-state index is 13.4. The number of nitrogens with zero attached hydrogens (tertiary/aromatic N) is 2. The summed E-state index contributed by atoms with van der Waals surface area (Å²) >= 11 is 0. The monoisotopic (exact) mass is 882 g/mol. The van der Waals surface area contributed by atoms with Gasteiger partial charge in [0.1, 0.15) is 24.7 Å². The van der Waals surface area contributed by atoms with Gasteiger partial charge in [0.15, 0.2) is 0 Å². The highest BCUT2D eigenvalue weighted by atomic mass is 16.5. The summed E-state index contributed by atoms with van der Waals surface area (Å²) in [5.41, 5.74) is 4.47.